The maximum absolute atomic E-state index is 13.0. The lowest BCUT2D eigenvalue weighted by Crippen LogP contribution is -2.74. The maximum atomic E-state index is 13.0. The fourth-order valence-corrected chi connectivity index (χ4v) is 7.11. The summed E-state index contributed by atoms with van der Waals surface area (Å²) in [5.41, 5.74) is 10.0. The van der Waals surface area contributed by atoms with E-state index < -0.39 is 28.7 Å². The molecule has 14 nitrogen and oxygen atoms in total. The molecule has 37 heavy (non-hydrogen) atoms. The van der Waals surface area contributed by atoms with E-state index in [0.717, 1.165) is 11.5 Å². The molecular formula is C20H26N9O5S3+. The molecule has 4 rings (SSSR count). The van der Waals surface area contributed by atoms with Gasteiger partial charge in [0.25, 0.3) is 5.91 Å². The van der Waals surface area contributed by atoms with Gasteiger partial charge in [0.15, 0.2) is 5.13 Å². The van der Waals surface area contributed by atoms with Crippen molar-refractivity contribution in [3.05, 3.63) is 18.1 Å². The van der Waals surface area contributed by atoms with Gasteiger partial charge < -0.3 is 31.6 Å². The molecule has 2 aliphatic heterocycles. The van der Waals surface area contributed by atoms with E-state index >= 15 is 0 Å². The molecule has 0 aromatic carbocycles. The molecule has 0 bridgehead atoms. The Labute approximate surface area is 224 Å². The van der Waals surface area contributed by atoms with Crippen molar-refractivity contribution < 1.29 is 28.9 Å². The lowest BCUT2D eigenvalue weighted by atomic mass is 9.89. The van der Waals surface area contributed by atoms with Crippen LogP contribution >= 0.6 is 35.1 Å². The molecule has 2 fully saturated rings. The number of nitrogens with zero attached hydrogens (tertiary/aromatic N) is 6. The van der Waals surface area contributed by atoms with Gasteiger partial charge in [-0.1, -0.05) is 5.16 Å². The predicted molar refractivity (Wildman–Crippen MR) is 138 cm³/mol. The number of aryl methyl sites for hydroxylation is 1. The van der Waals surface area contributed by atoms with Crippen molar-refractivity contribution in [2.24, 2.45) is 10.6 Å². The molecule has 6 N–H and O–H groups in total. The standard InChI is InChI=1S/C20H25N9O5S3/c1-3-28-6-5-10(21)23-19(28)36-9-20(17(32)33)7-29-15(31)12(16(29)35-8-20)24-14(30)11(26-34-4-2)13-25-18(22)37-27-13/h5-6,12,16,21H,3-4,7-9H2,1-2H3,(H4,22,24,25,27,30,32,33)/p+1/t12?,16-,20?/m1/s1. The van der Waals surface area contributed by atoms with Crippen LogP contribution in [0.1, 0.15) is 19.7 Å². The smallest absolute Gasteiger partial charge is 0.361 e. The highest BCUT2D eigenvalue weighted by molar-refractivity contribution is 8.00. The van der Waals surface area contributed by atoms with Crippen molar-refractivity contribution >= 4 is 69.5 Å². The Kier molecular flexibility index (Phi) is 8.03. The van der Waals surface area contributed by atoms with Crippen LogP contribution in [0.25, 0.3) is 0 Å². The molecule has 0 aliphatic carbocycles. The number of oxime groups is 1. The molecule has 2 unspecified atom stereocenters. The fraction of sp³-hybridized carbons (Fsp3) is 0.500. The topological polar surface area (TPSA) is 203 Å². The molecule has 2 aromatic heterocycles. The Morgan fingerprint density at radius 1 is 1.41 bits per heavy atom. The molecule has 2 amide bonds. The Hall–Kier alpha value is -3.18. The quantitative estimate of drug-likeness (QED) is 0.0709. The highest BCUT2D eigenvalue weighted by Gasteiger charge is 2.57. The first kappa shape index (κ1) is 26.9. The molecule has 4 heterocycles. The van der Waals surface area contributed by atoms with Crippen molar-refractivity contribution in [3.8, 4) is 0 Å². The summed E-state index contributed by atoms with van der Waals surface area (Å²) in [6.45, 7) is 4.52. The summed E-state index contributed by atoms with van der Waals surface area (Å²) in [6.07, 6.45) is 1.80. The monoisotopic (exact) mass is 568 g/mol. The van der Waals surface area contributed by atoms with Gasteiger partial charge in [-0.15, -0.1) is 11.8 Å². The predicted octanol–water partition coefficient (Wildman–Crippen LogP) is -0.591. The molecule has 0 radical (unpaired) electrons. The van der Waals surface area contributed by atoms with E-state index in [1.54, 1.807) is 19.2 Å². The van der Waals surface area contributed by atoms with Crippen LogP contribution < -0.4 is 21.4 Å². The summed E-state index contributed by atoms with van der Waals surface area (Å²) in [5, 5.41) is 16.9. The van der Waals surface area contributed by atoms with Crippen molar-refractivity contribution in [2.45, 2.75) is 37.0 Å². The number of thioether (sulfide) groups is 2. The Morgan fingerprint density at radius 2 is 2.19 bits per heavy atom. The molecule has 2 aliphatic rings. The van der Waals surface area contributed by atoms with Crippen LogP contribution in [0.3, 0.4) is 0 Å². The molecule has 0 saturated carbocycles. The van der Waals surface area contributed by atoms with E-state index in [1.165, 1.54) is 28.4 Å². The van der Waals surface area contributed by atoms with Crippen LogP contribution in [0.4, 0.5) is 10.9 Å². The molecule has 2 saturated heterocycles. The lowest BCUT2D eigenvalue weighted by Gasteiger charge is -2.53. The second-order valence-corrected chi connectivity index (χ2v) is 11.1. The number of nitrogen functional groups attached to an aromatic ring is 2. The third-order valence-electron chi connectivity index (χ3n) is 5.75. The minimum Gasteiger partial charge on any atom is -0.481 e. The maximum Gasteiger partial charge on any atom is 0.361 e. The first-order valence-corrected chi connectivity index (χ1v) is 14.0. The van der Waals surface area contributed by atoms with Gasteiger partial charge >= 0.3 is 11.1 Å². The number of carbonyl (C=O) groups excluding carboxylic acids is 2. The highest BCUT2D eigenvalue weighted by atomic mass is 32.2. The minimum absolute atomic E-state index is 0.00484. The summed E-state index contributed by atoms with van der Waals surface area (Å²) >= 11 is 3.49. The highest BCUT2D eigenvalue weighted by Crippen LogP contribution is 2.44. The van der Waals surface area contributed by atoms with Gasteiger partial charge in [0, 0.05) is 35.6 Å². The molecule has 0 spiro atoms. The van der Waals surface area contributed by atoms with E-state index in [2.05, 4.69) is 24.8 Å². The second-order valence-electron chi connectivity index (χ2n) is 8.23. The van der Waals surface area contributed by atoms with E-state index in [0.29, 0.717) is 17.5 Å². The van der Waals surface area contributed by atoms with Crippen LogP contribution in [-0.2, 0) is 25.8 Å². The first-order chi connectivity index (χ1) is 17.7. The van der Waals surface area contributed by atoms with Crippen LogP contribution in [0.5, 0.6) is 0 Å². The Bertz CT molecular complexity index is 1240. The zero-order chi connectivity index (χ0) is 26.7. The largest absolute Gasteiger partial charge is 0.481 e. The number of hydrogen-bond donors (Lipinski definition) is 4. The molecule has 3 atom stereocenters. The number of hydrogen-bond acceptors (Lipinski definition) is 13. The van der Waals surface area contributed by atoms with Crippen molar-refractivity contribution in [2.75, 3.05) is 36.1 Å². The summed E-state index contributed by atoms with van der Waals surface area (Å²) in [5.74, 6) is -1.29. The summed E-state index contributed by atoms with van der Waals surface area (Å²) in [4.78, 5) is 53.1. The number of aromatic nitrogens is 4. The number of carboxylic acids is 1. The third-order valence-corrected chi connectivity index (χ3v) is 9.16. The molecule has 2 aromatic rings. The molecule has 17 heteroatoms. The number of amides is 2. The summed E-state index contributed by atoms with van der Waals surface area (Å²) < 4.78 is 5.87. The number of aliphatic carboxylic acids is 1. The SMILES string of the molecule is CCON=C(C(=O)NC1C(=O)N2CC(CSc3nc(N)cc[n+]3CC)(C(=O)O)CS[C@H]12)c1nsc(N)n1. The molecule has 198 valence electrons. The van der Waals surface area contributed by atoms with Gasteiger partial charge in [0.1, 0.15) is 23.4 Å². The number of β-lactam (4-membered cyclic amide) rings is 1. The average molecular weight is 569 g/mol. The fourth-order valence-electron chi connectivity index (χ4n) is 3.76. The molecular weight excluding hydrogens is 542 g/mol. The van der Waals surface area contributed by atoms with E-state index in [-0.39, 0.29) is 47.2 Å². The van der Waals surface area contributed by atoms with E-state index in [4.69, 9.17) is 16.3 Å². The third kappa shape index (κ3) is 5.42. The summed E-state index contributed by atoms with van der Waals surface area (Å²) in [6, 6.07) is 0.830. The van der Waals surface area contributed by atoms with Gasteiger partial charge in [-0.25, -0.2) is 4.57 Å². The van der Waals surface area contributed by atoms with Crippen LogP contribution in [0.15, 0.2) is 22.6 Å². The van der Waals surface area contributed by atoms with Gasteiger partial charge in [0.05, 0.1) is 12.7 Å². The zero-order valence-corrected chi connectivity index (χ0v) is 22.4. The van der Waals surface area contributed by atoms with E-state index in [9.17, 15) is 19.5 Å². The van der Waals surface area contributed by atoms with Crippen LogP contribution in [0.2, 0.25) is 0 Å². The van der Waals surface area contributed by atoms with Gasteiger partial charge in [-0.2, -0.15) is 9.36 Å². The normalized spacial score (nSPS) is 23.2. The first-order valence-electron chi connectivity index (χ1n) is 11.2. The van der Waals surface area contributed by atoms with E-state index in [1.807, 2.05) is 11.5 Å². The number of rotatable bonds is 10. The minimum atomic E-state index is -1.20. The van der Waals surface area contributed by atoms with Crippen molar-refractivity contribution in [1.29, 1.82) is 0 Å². The van der Waals surface area contributed by atoms with Gasteiger partial charge in [-0.05, 0) is 30.6 Å². The number of carboxylic acid groups (broad SMARTS) is 1. The van der Waals surface area contributed by atoms with Gasteiger partial charge in [0.2, 0.25) is 23.3 Å². The van der Waals surface area contributed by atoms with Crippen LogP contribution in [0, 0.1) is 5.41 Å². The Balaban J connectivity index is 1.44. The number of carbonyl (C=O) groups is 3. The van der Waals surface area contributed by atoms with Crippen molar-refractivity contribution in [1.82, 2.24) is 24.6 Å². The number of nitrogens with one attached hydrogen (secondary N) is 1. The number of nitrogens with two attached hydrogens (primary N) is 2. The van der Waals surface area contributed by atoms with Crippen molar-refractivity contribution in [3.63, 3.8) is 0 Å². The lowest BCUT2D eigenvalue weighted by molar-refractivity contribution is -0.733. The van der Waals surface area contributed by atoms with Crippen LogP contribution in [-0.4, -0.2) is 83.9 Å². The van der Waals surface area contributed by atoms with Gasteiger partial charge in [-0.3, -0.25) is 14.4 Å². The number of anilines is 2. The summed E-state index contributed by atoms with van der Waals surface area (Å²) in [7, 11) is 0. The zero-order valence-electron chi connectivity index (χ0n) is 20.0. The Morgan fingerprint density at radius 3 is 2.84 bits per heavy atom. The number of fused-ring (bicyclic) bond motifs is 1. The second kappa shape index (κ2) is 11.1. The average Bonchev–Trinajstić information content (AvgIpc) is 3.31.